The zero-order chi connectivity index (χ0) is 9.68. The molecule has 0 aliphatic carbocycles. The Labute approximate surface area is 76.1 Å². The number of aromatic nitrogens is 2. The summed E-state index contributed by atoms with van der Waals surface area (Å²) in [5.41, 5.74) is 0.308. The highest BCUT2D eigenvalue weighted by Gasteiger charge is 1.98. The maximum absolute atomic E-state index is 8.97. The van der Waals surface area contributed by atoms with Gasteiger partial charge in [0.05, 0.1) is 6.10 Å². The number of aliphatic hydroxyl groups is 1. The van der Waals surface area contributed by atoms with Crippen molar-refractivity contribution >= 4 is 5.82 Å². The van der Waals surface area contributed by atoms with E-state index in [0.717, 1.165) is 0 Å². The fraction of sp³-hybridized carbons (Fsp3) is 0.375. The van der Waals surface area contributed by atoms with E-state index in [0.29, 0.717) is 18.1 Å². The smallest absolute Gasteiger partial charge is 0.145 e. The Balaban J connectivity index is 2.63. The lowest BCUT2D eigenvalue weighted by molar-refractivity contribution is 0.208. The molecule has 0 aromatic carbocycles. The maximum Gasteiger partial charge on any atom is 0.145 e. The van der Waals surface area contributed by atoms with Crippen molar-refractivity contribution in [2.75, 3.05) is 11.9 Å². The van der Waals surface area contributed by atoms with Crippen molar-refractivity contribution in [2.45, 2.75) is 13.0 Å². The SMILES string of the molecule is C[C@H](O)CNc1cc(C#N)ncn1. The van der Waals surface area contributed by atoms with Crippen molar-refractivity contribution in [3.63, 3.8) is 0 Å². The average molecular weight is 178 g/mol. The Morgan fingerprint density at radius 1 is 1.69 bits per heavy atom. The molecule has 5 nitrogen and oxygen atoms in total. The second-order valence-corrected chi connectivity index (χ2v) is 2.63. The van der Waals surface area contributed by atoms with Crippen molar-refractivity contribution in [2.24, 2.45) is 0 Å². The van der Waals surface area contributed by atoms with E-state index in [1.165, 1.54) is 12.4 Å². The zero-order valence-corrected chi connectivity index (χ0v) is 7.23. The number of hydrogen-bond acceptors (Lipinski definition) is 5. The van der Waals surface area contributed by atoms with Gasteiger partial charge in [-0.3, -0.25) is 0 Å². The number of rotatable bonds is 3. The predicted octanol–water partition coefficient (Wildman–Crippen LogP) is 0.141. The number of nitriles is 1. The molecule has 0 saturated heterocycles. The molecule has 0 fully saturated rings. The van der Waals surface area contributed by atoms with Gasteiger partial charge < -0.3 is 10.4 Å². The predicted molar refractivity (Wildman–Crippen MR) is 46.9 cm³/mol. The molecule has 0 unspecified atom stereocenters. The molecule has 1 rings (SSSR count). The second-order valence-electron chi connectivity index (χ2n) is 2.63. The summed E-state index contributed by atoms with van der Waals surface area (Å²) < 4.78 is 0. The topological polar surface area (TPSA) is 81.8 Å². The fourth-order valence-electron chi connectivity index (χ4n) is 0.767. The van der Waals surface area contributed by atoms with E-state index in [1.807, 2.05) is 6.07 Å². The van der Waals surface area contributed by atoms with Gasteiger partial charge in [0.1, 0.15) is 23.9 Å². The minimum Gasteiger partial charge on any atom is -0.392 e. The lowest BCUT2D eigenvalue weighted by Crippen LogP contribution is -2.16. The fourth-order valence-corrected chi connectivity index (χ4v) is 0.767. The second kappa shape index (κ2) is 4.38. The van der Waals surface area contributed by atoms with Crippen LogP contribution in [-0.4, -0.2) is 27.7 Å². The molecule has 0 saturated carbocycles. The van der Waals surface area contributed by atoms with E-state index in [2.05, 4.69) is 15.3 Å². The summed E-state index contributed by atoms with van der Waals surface area (Å²) in [6, 6.07) is 3.43. The minimum absolute atomic E-state index is 0.308. The average Bonchev–Trinajstić information content (AvgIpc) is 2.15. The Morgan fingerprint density at radius 2 is 2.46 bits per heavy atom. The summed E-state index contributed by atoms with van der Waals surface area (Å²) in [5.74, 6) is 0.549. The van der Waals surface area contributed by atoms with Gasteiger partial charge in [-0.2, -0.15) is 5.26 Å². The molecule has 1 heterocycles. The first-order valence-corrected chi connectivity index (χ1v) is 3.86. The molecule has 2 N–H and O–H groups in total. The molecule has 1 atom stereocenters. The van der Waals surface area contributed by atoms with E-state index in [1.54, 1.807) is 6.92 Å². The maximum atomic E-state index is 8.97. The van der Waals surface area contributed by atoms with Gasteiger partial charge in [-0.1, -0.05) is 0 Å². The number of nitrogens with zero attached hydrogens (tertiary/aromatic N) is 3. The van der Waals surface area contributed by atoms with Crippen LogP contribution in [0.15, 0.2) is 12.4 Å². The monoisotopic (exact) mass is 178 g/mol. The Hall–Kier alpha value is -1.67. The normalized spacial score (nSPS) is 11.8. The van der Waals surface area contributed by atoms with Gasteiger partial charge in [0.25, 0.3) is 0 Å². The van der Waals surface area contributed by atoms with Crippen molar-refractivity contribution < 1.29 is 5.11 Å². The van der Waals surface area contributed by atoms with Crippen LogP contribution in [0.2, 0.25) is 0 Å². The third kappa shape index (κ3) is 3.05. The number of anilines is 1. The summed E-state index contributed by atoms with van der Waals surface area (Å²) >= 11 is 0. The van der Waals surface area contributed by atoms with Crippen molar-refractivity contribution in [3.8, 4) is 6.07 Å². The number of nitrogens with one attached hydrogen (secondary N) is 1. The molecule has 0 spiro atoms. The quantitative estimate of drug-likeness (QED) is 0.688. The van der Waals surface area contributed by atoms with Crippen LogP contribution in [0.1, 0.15) is 12.6 Å². The molecule has 0 radical (unpaired) electrons. The Kier molecular flexibility index (Phi) is 3.17. The zero-order valence-electron chi connectivity index (χ0n) is 7.23. The van der Waals surface area contributed by atoms with Crippen LogP contribution >= 0.6 is 0 Å². The molecule has 0 aliphatic heterocycles. The first kappa shape index (κ1) is 9.42. The first-order chi connectivity index (χ1) is 6.22. The van der Waals surface area contributed by atoms with E-state index in [4.69, 9.17) is 10.4 Å². The van der Waals surface area contributed by atoms with Crippen molar-refractivity contribution in [1.82, 2.24) is 9.97 Å². The Bertz CT molecular complexity index is 318. The van der Waals surface area contributed by atoms with Crippen molar-refractivity contribution in [3.05, 3.63) is 18.1 Å². The molecule has 0 bridgehead atoms. The van der Waals surface area contributed by atoms with Gasteiger partial charge in [0.2, 0.25) is 0 Å². The van der Waals surface area contributed by atoms with E-state index in [-0.39, 0.29) is 0 Å². The van der Waals surface area contributed by atoms with Crippen molar-refractivity contribution in [1.29, 1.82) is 5.26 Å². The van der Waals surface area contributed by atoms with Gasteiger partial charge in [-0.05, 0) is 6.92 Å². The molecular weight excluding hydrogens is 168 g/mol. The van der Waals surface area contributed by atoms with Crippen LogP contribution in [0.4, 0.5) is 5.82 Å². The van der Waals surface area contributed by atoms with Crippen LogP contribution < -0.4 is 5.32 Å². The summed E-state index contributed by atoms with van der Waals surface area (Å²) in [6.45, 7) is 2.07. The van der Waals surface area contributed by atoms with E-state index < -0.39 is 6.10 Å². The molecule has 5 heteroatoms. The molecule has 1 aromatic heterocycles. The van der Waals surface area contributed by atoms with Crippen LogP contribution in [0.3, 0.4) is 0 Å². The highest BCUT2D eigenvalue weighted by Crippen LogP contribution is 2.02. The molecule has 13 heavy (non-hydrogen) atoms. The van der Waals surface area contributed by atoms with Gasteiger partial charge in [0, 0.05) is 12.6 Å². The standard InChI is InChI=1S/C8H10N4O/c1-6(13)4-10-8-2-7(3-9)11-5-12-8/h2,5-6,13H,4H2,1H3,(H,10,11,12)/t6-/m0/s1. The van der Waals surface area contributed by atoms with Crippen LogP contribution in [0.25, 0.3) is 0 Å². The molecule has 1 aromatic rings. The molecule has 0 aliphatic rings. The first-order valence-electron chi connectivity index (χ1n) is 3.86. The Morgan fingerprint density at radius 3 is 3.08 bits per heavy atom. The highest BCUT2D eigenvalue weighted by molar-refractivity contribution is 5.38. The van der Waals surface area contributed by atoms with E-state index in [9.17, 15) is 0 Å². The van der Waals surface area contributed by atoms with Gasteiger partial charge in [-0.25, -0.2) is 9.97 Å². The third-order valence-electron chi connectivity index (χ3n) is 1.36. The largest absolute Gasteiger partial charge is 0.392 e. The lowest BCUT2D eigenvalue weighted by atomic mass is 10.4. The third-order valence-corrected chi connectivity index (χ3v) is 1.36. The van der Waals surface area contributed by atoms with Crippen LogP contribution in [0.5, 0.6) is 0 Å². The summed E-state index contributed by atoms with van der Waals surface area (Å²) in [7, 11) is 0. The van der Waals surface area contributed by atoms with E-state index >= 15 is 0 Å². The lowest BCUT2D eigenvalue weighted by Gasteiger charge is -2.06. The van der Waals surface area contributed by atoms with Gasteiger partial charge >= 0.3 is 0 Å². The van der Waals surface area contributed by atoms with Gasteiger partial charge in [0.15, 0.2) is 0 Å². The number of aliphatic hydroxyl groups excluding tert-OH is 1. The summed E-state index contributed by atoms with van der Waals surface area (Å²) in [5, 5.41) is 20.4. The minimum atomic E-state index is -0.444. The summed E-state index contributed by atoms with van der Waals surface area (Å²) in [4.78, 5) is 7.59. The molecule has 68 valence electrons. The summed E-state index contributed by atoms with van der Waals surface area (Å²) in [6.07, 6.45) is 0.864. The van der Waals surface area contributed by atoms with Gasteiger partial charge in [-0.15, -0.1) is 0 Å². The molecule has 0 amide bonds. The number of hydrogen-bond donors (Lipinski definition) is 2. The van der Waals surface area contributed by atoms with Crippen LogP contribution in [0, 0.1) is 11.3 Å². The highest BCUT2D eigenvalue weighted by atomic mass is 16.3. The van der Waals surface area contributed by atoms with Crippen LogP contribution in [-0.2, 0) is 0 Å². The molecular formula is C8H10N4O.